The number of hydrogen-bond acceptors (Lipinski definition) is 5. The molecule has 0 saturated carbocycles. The van der Waals surface area contributed by atoms with Crippen LogP contribution in [0.4, 0.5) is 0 Å². The van der Waals surface area contributed by atoms with Crippen LogP contribution in [0.25, 0.3) is 0 Å². The van der Waals surface area contributed by atoms with E-state index >= 15 is 0 Å². The molecule has 0 saturated heterocycles. The van der Waals surface area contributed by atoms with Crippen LogP contribution in [-0.4, -0.2) is 38.7 Å². The molecule has 1 aromatic carbocycles. The second-order valence-corrected chi connectivity index (χ2v) is 3.98. The Labute approximate surface area is 111 Å². The van der Waals surface area contributed by atoms with Crippen molar-refractivity contribution in [2.45, 2.75) is 12.5 Å². The average molecular weight is 266 g/mol. The molecule has 1 amide bonds. The Morgan fingerprint density at radius 3 is 2.42 bits per heavy atom. The molecule has 1 aromatic rings. The van der Waals surface area contributed by atoms with Crippen molar-refractivity contribution in [3.63, 3.8) is 0 Å². The lowest BCUT2D eigenvalue weighted by molar-refractivity contribution is -0.140. The van der Waals surface area contributed by atoms with Gasteiger partial charge in [0, 0.05) is 18.2 Å². The third kappa shape index (κ3) is 4.97. The number of benzene rings is 1. The molecule has 0 fully saturated rings. The van der Waals surface area contributed by atoms with Crippen molar-refractivity contribution >= 4 is 11.9 Å². The summed E-state index contributed by atoms with van der Waals surface area (Å²) in [7, 11) is 2.85. The largest absolute Gasteiger partial charge is 0.497 e. The zero-order valence-corrected chi connectivity index (χ0v) is 11.0. The summed E-state index contributed by atoms with van der Waals surface area (Å²) in [5.41, 5.74) is 6.19. The van der Waals surface area contributed by atoms with Gasteiger partial charge in [0.1, 0.15) is 5.75 Å². The van der Waals surface area contributed by atoms with Crippen LogP contribution in [0.2, 0.25) is 0 Å². The highest BCUT2D eigenvalue weighted by molar-refractivity contribution is 5.94. The molecular formula is C13H18N2O4. The molecule has 0 aliphatic heterocycles. The van der Waals surface area contributed by atoms with Crippen molar-refractivity contribution in [2.24, 2.45) is 5.73 Å². The maximum absolute atomic E-state index is 11.8. The highest BCUT2D eigenvalue weighted by Gasteiger charge is 2.12. The van der Waals surface area contributed by atoms with Gasteiger partial charge in [-0.25, -0.2) is 0 Å². The predicted octanol–water partition coefficient (Wildman–Crippen LogP) is 0.315. The summed E-state index contributed by atoms with van der Waals surface area (Å²) < 4.78 is 9.49. The molecule has 0 aromatic heterocycles. The highest BCUT2D eigenvalue weighted by atomic mass is 16.5. The molecule has 19 heavy (non-hydrogen) atoms. The van der Waals surface area contributed by atoms with Gasteiger partial charge in [0.25, 0.3) is 5.91 Å². The number of methoxy groups -OCH3 is 2. The predicted molar refractivity (Wildman–Crippen MR) is 69.9 cm³/mol. The van der Waals surface area contributed by atoms with Crippen LogP contribution < -0.4 is 15.8 Å². The van der Waals surface area contributed by atoms with Crippen molar-refractivity contribution in [3.05, 3.63) is 29.8 Å². The van der Waals surface area contributed by atoms with E-state index in [1.54, 1.807) is 31.4 Å². The van der Waals surface area contributed by atoms with E-state index < -0.39 is 12.0 Å². The van der Waals surface area contributed by atoms with Crippen molar-refractivity contribution < 1.29 is 19.1 Å². The van der Waals surface area contributed by atoms with Gasteiger partial charge in [0.2, 0.25) is 0 Å². The van der Waals surface area contributed by atoms with Gasteiger partial charge in [0.15, 0.2) is 0 Å². The molecule has 3 N–H and O–H groups in total. The molecule has 0 bridgehead atoms. The fourth-order valence-corrected chi connectivity index (χ4v) is 1.44. The summed E-state index contributed by atoms with van der Waals surface area (Å²) in [6.45, 7) is 0.208. The van der Waals surface area contributed by atoms with Crippen LogP contribution in [0, 0.1) is 0 Å². The smallest absolute Gasteiger partial charge is 0.307 e. The Kier molecular flexibility index (Phi) is 5.81. The number of amides is 1. The van der Waals surface area contributed by atoms with E-state index in [0.29, 0.717) is 11.3 Å². The van der Waals surface area contributed by atoms with Crippen molar-refractivity contribution in [2.75, 3.05) is 20.8 Å². The first-order valence-electron chi connectivity index (χ1n) is 5.81. The Balaban J connectivity index is 2.44. The number of hydrogen-bond donors (Lipinski definition) is 2. The van der Waals surface area contributed by atoms with Gasteiger partial charge in [-0.05, 0) is 24.3 Å². The Morgan fingerprint density at radius 1 is 1.26 bits per heavy atom. The molecule has 0 radical (unpaired) electrons. The minimum Gasteiger partial charge on any atom is -0.497 e. The zero-order chi connectivity index (χ0) is 14.3. The SMILES string of the molecule is COC(=O)C[C@@H](N)CNC(=O)c1ccc(OC)cc1. The molecule has 0 aliphatic carbocycles. The Morgan fingerprint density at radius 2 is 1.89 bits per heavy atom. The lowest BCUT2D eigenvalue weighted by Gasteiger charge is -2.11. The van der Waals surface area contributed by atoms with Crippen LogP contribution >= 0.6 is 0 Å². The van der Waals surface area contributed by atoms with E-state index in [2.05, 4.69) is 10.1 Å². The highest BCUT2D eigenvalue weighted by Crippen LogP contribution is 2.10. The number of carbonyl (C=O) groups excluding carboxylic acids is 2. The normalized spacial score (nSPS) is 11.5. The topological polar surface area (TPSA) is 90.6 Å². The van der Waals surface area contributed by atoms with Gasteiger partial charge >= 0.3 is 5.97 Å². The quantitative estimate of drug-likeness (QED) is 0.723. The first-order valence-corrected chi connectivity index (χ1v) is 5.81. The molecule has 0 spiro atoms. The summed E-state index contributed by atoms with van der Waals surface area (Å²) >= 11 is 0. The van der Waals surface area contributed by atoms with Crippen LogP contribution in [0.3, 0.4) is 0 Å². The molecule has 0 heterocycles. The van der Waals surface area contributed by atoms with Gasteiger partial charge in [-0.2, -0.15) is 0 Å². The summed E-state index contributed by atoms with van der Waals surface area (Å²) in [5.74, 6) is 0.0353. The Bertz CT molecular complexity index is 431. The lowest BCUT2D eigenvalue weighted by atomic mass is 10.2. The van der Waals surface area contributed by atoms with Crippen molar-refractivity contribution in [1.82, 2.24) is 5.32 Å². The van der Waals surface area contributed by atoms with E-state index in [9.17, 15) is 9.59 Å². The molecule has 1 rings (SSSR count). The maximum atomic E-state index is 11.8. The van der Waals surface area contributed by atoms with Gasteiger partial charge in [-0.3, -0.25) is 9.59 Å². The summed E-state index contributed by atoms with van der Waals surface area (Å²) in [6, 6.07) is 6.24. The van der Waals surface area contributed by atoms with E-state index in [1.807, 2.05) is 0 Å². The van der Waals surface area contributed by atoms with E-state index in [-0.39, 0.29) is 18.9 Å². The molecule has 0 unspecified atom stereocenters. The van der Waals surface area contributed by atoms with E-state index in [1.165, 1.54) is 7.11 Å². The van der Waals surface area contributed by atoms with Crippen LogP contribution in [-0.2, 0) is 9.53 Å². The molecular weight excluding hydrogens is 248 g/mol. The van der Waals surface area contributed by atoms with Crippen molar-refractivity contribution in [3.8, 4) is 5.75 Å². The van der Waals surface area contributed by atoms with Crippen LogP contribution in [0.5, 0.6) is 5.75 Å². The minimum atomic E-state index is -0.463. The number of rotatable bonds is 6. The third-order valence-corrected chi connectivity index (χ3v) is 2.53. The van der Waals surface area contributed by atoms with Gasteiger partial charge in [-0.1, -0.05) is 0 Å². The number of esters is 1. The average Bonchev–Trinajstić information content (AvgIpc) is 2.44. The zero-order valence-electron chi connectivity index (χ0n) is 11.0. The summed E-state index contributed by atoms with van der Waals surface area (Å²) in [6.07, 6.45) is 0.0688. The van der Waals surface area contributed by atoms with Crippen LogP contribution in [0.1, 0.15) is 16.8 Å². The number of carbonyl (C=O) groups is 2. The fraction of sp³-hybridized carbons (Fsp3) is 0.385. The Hall–Kier alpha value is -2.08. The minimum absolute atomic E-state index is 0.0688. The molecule has 0 aliphatic rings. The van der Waals surface area contributed by atoms with Crippen molar-refractivity contribution in [1.29, 1.82) is 0 Å². The first-order chi connectivity index (χ1) is 9.06. The summed E-state index contributed by atoms with van der Waals surface area (Å²) in [4.78, 5) is 22.8. The molecule has 104 valence electrons. The second-order valence-electron chi connectivity index (χ2n) is 3.98. The number of nitrogens with one attached hydrogen (secondary N) is 1. The number of ether oxygens (including phenoxy) is 2. The fourth-order valence-electron chi connectivity index (χ4n) is 1.44. The first kappa shape index (κ1) is 15.0. The maximum Gasteiger partial charge on any atom is 0.307 e. The van der Waals surface area contributed by atoms with Gasteiger partial charge < -0.3 is 20.5 Å². The van der Waals surface area contributed by atoms with Crippen LogP contribution in [0.15, 0.2) is 24.3 Å². The molecule has 6 heteroatoms. The monoisotopic (exact) mass is 266 g/mol. The van der Waals surface area contributed by atoms with E-state index in [0.717, 1.165) is 0 Å². The lowest BCUT2D eigenvalue weighted by Crippen LogP contribution is -2.38. The molecule has 6 nitrogen and oxygen atoms in total. The second kappa shape index (κ2) is 7.38. The van der Waals surface area contributed by atoms with Gasteiger partial charge in [-0.15, -0.1) is 0 Å². The molecule has 1 atom stereocenters. The third-order valence-electron chi connectivity index (χ3n) is 2.53. The number of nitrogens with two attached hydrogens (primary N) is 1. The van der Waals surface area contributed by atoms with Gasteiger partial charge in [0.05, 0.1) is 20.6 Å². The standard InChI is InChI=1S/C13H18N2O4/c1-18-11-5-3-9(4-6-11)13(17)15-8-10(14)7-12(16)19-2/h3-6,10H,7-8,14H2,1-2H3,(H,15,17)/t10-/m1/s1. The summed E-state index contributed by atoms with van der Waals surface area (Å²) in [5, 5.41) is 2.65. The van der Waals surface area contributed by atoms with E-state index in [4.69, 9.17) is 10.5 Å².